The molecule has 0 heterocycles. The normalized spacial score (nSPS) is 18.5. The Bertz CT molecular complexity index is 771. The number of rotatable bonds is 5. The van der Waals surface area contributed by atoms with Gasteiger partial charge in [0.15, 0.2) is 0 Å². The van der Waals surface area contributed by atoms with E-state index < -0.39 is 0 Å². The van der Waals surface area contributed by atoms with Crippen molar-refractivity contribution in [2.45, 2.75) is 19.3 Å². The van der Waals surface area contributed by atoms with Crippen molar-refractivity contribution in [3.05, 3.63) is 65.5 Å². The fourth-order valence-electron chi connectivity index (χ4n) is 2.96. The summed E-state index contributed by atoms with van der Waals surface area (Å²) in [7, 11) is 1.64. The first-order valence-electron chi connectivity index (χ1n) is 8.31. The maximum Gasteiger partial charge on any atom is 0.243 e. The van der Waals surface area contributed by atoms with E-state index in [0.717, 1.165) is 17.5 Å². The van der Waals surface area contributed by atoms with Crippen LogP contribution in [0.15, 0.2) is 48.5 Å². The number of likely N-dealkylation sites (N-methyl/N-ethyl adjacent to an activating group) is 1. The number of aryl methyl sites for hydroxylation is 1. The average molecular weight is 340 g/mol. The highest BCUT2D eigenvalue weighted by Gasteiger charge is 2.45. The molecule has 25 heavy (non-hydrogen) atoms. The Kier molecular flexibility index (Phi) is 4.83. The summed E-state index contributed by atoms with van der Waals surface area (Å²) in [6, 6.07) is 13.8. The molecule has 0 bridgehead atoms. The Morgan fingerprint density at radius 3 is 2.40 bits per heavy atom. The molecule has 2 aromatic carbocycles. The van der Waals surface area contributed by atoms with Gasteiger partial charge in [-0.05, 0) is 49.1 Å². The lowest BCUT2D eigenvalue weighted by atomic mass is 10.1. The number of benzene rings is 2. The van der Waals surface area contributed by atoms with E-state index in [1.165, 1.54) is 17.0 Å². The fourth-order valence-corrected chi connectivity index (χ4v) is 2.96. The molecule has 2 amide bonds. The highest BCUT2D eigenvalue weighted by Crippen LogP contribution is 2.48. The Hall–Kier alpha value is -2.69. The second kappa shape index (κ2) is 7.05. The summed E-state index contributed by atoms with van der Waals surface area (Å²) in [6.07, 6.45) is 0.744. The maximum absolute atomic E-state index is 13.0. The van der Waals surface area contributed by atoms with Crippen molar-refractivity contribution in [1.29, 1.82) is 0 Å². The van der Waals surface area contributed by atoms with Crippen molar-refractivity contribution in [3.63, 3.8) is 0 Å². The van der Waals surface area contributed by atoms with Gasteiger partial charge in [0, 0.05) is 18.7 Å². The van der Waals surface area contributed by atoms with Crippen LogP contribution in [-0.2, 0) is 9.59 Å². The molecule has 1 aliphatic rings. The number of hydrogen-bond donors (Lipinski definition) is 1. The van der Waals surface area contributed by atoms with E-state index in [1.54, 1.807) is 19.2 Å². The lowest BCUT2D eigenvalue weighted by Gasteiger charge is -2.17. The summed E-state index contributed by atoms with van der Waals surface area (Å²) in [5.41, 5.74) is 2.80. The number of nitrogens with zero attached hydrogens (tertiary/aromatic N) is 1. The second-order valence-corrected chi connectivity index (χ2v) is 6.61. The lowest BCUT2D eigenvalue weighted by molar-refractivity contribution is -0.134. The molecule has 3 rings (SSSR count). The summed E-state index contributed by atoms with van der Waals surface area (Å²) in [6.45, 7) is 1.99. The van der Waals surface area contributed by atoms with Crippen LogP contribution in [0.3, 0.4) is 0 Å². The van der Waals surface area contributed by atoms with Crippen molar-refractivity contribution in [1.82, 2.24) is 4.90 Å². The van der Waals surface area contributed by atoms with Gasteiger partial charge < -0.3 is 10.2 Å². The third-order valence-corrected chi connectivity index (χ3v) is 4.50. The van der Waals surface area contributed by atoms with Gasteiger partial charge >= 0.3 is 0 Å². The van der Waals surface area contributed by atoms with E-state index in [1.807, 2.05) is 31.2 Å². The molecule has 1 N–H and O–H groups in total. The molecule has 1 fully saturated rings. The van der Waals surface area contributed by atoms with Gasteiger partial charge in [-0.1, -0.05) is 29.8 Å². The fraction of sp³-hybridized carbons (Fsp3) is 0.300. The summed E-state index contributed by atoms with van der Waals surface area (Å²) in [5.74, 6) is -0.553. The van der Waals surface area contributed by atoms with Gasteiger partial charge in [-0.2, -0.15) is 0 Å². The summed E-state index contributed by atoms with van der Waals surface area (Å²) >= 11 is 0. The predicted octanol–water partition coefficient (Wildman–Crippen LogP) is 3.33. The molecule has 0 aliphatic heterocycles. The van der Waals surface area contributed by atoms with Crippen LogP contribution in [0.5, 0.6) is 0 Å². The van der Waals surface area contributed by atoms with Crippen LogP contribution in [0, 0.1) is 18.7 Å². The van der Waals surface area contributed by atoms with Gasteiger partial charge in [-0.3, -0.25) is 9.59 Å². The molecule has 2 aromatic rings. The third-order valence-electron chi connectivity index (χ3n) is 4.50. The Labute approximate surface area is 146 Å². The third kappa shape index (κ3) is 4.24. The second-order valence-electron chi connectivity index (χ2n) is 6.61. The monoisotopic (exact) mass is 340 g/mol. The van der Waals surface area contributed by atoms with Crippen LogP contribution in [0.2, 0.25) is 0 Å². The van der Waals surface area contributed by atoms with E-state index in [4.69, 9.17) is 0 Å². The van der Waals surface area contributed by atoms with Crippen LogP contribution in [-0.4, -0.2) is 30.3 Å². The van der Waals surface area contributed by atoms with Gasteiger partial charge in [0.25, 0.3) is 0 Å². The van der Waals surface area contributed by atoms with Crippen molar-refractivity contribution < 1.29 is 14.0 Å². The molecule has 0 radical (unpaired) electrons. The number of carbonyl (C=O) groups excluding carboxylic acids is 2. The first-order valence-corrected chi connectivity index (χ1v) is 8.31. The zero-order valence-electron chi connectivity index (χ0n) is 14.3. The van der Waals surface area contributed by atoms with E-state index in [-0.39, 0.29) is 36.0 Å². The quantitative estimate of drug-likeness (QED) is 0.907. The minimum atomic E-state index is -0.280. The first-order chi connectivity index (χ1) is 11.9. The molecule has 0 spiro atoms. The topological polar surface area (TPSA) is 49.4 Å². The summed E-state index contributed by atoms with van der Waals surface area (Å²) < 4.78 is 13.0. The first kappa shape index (κ1) is 17.1. The Morgan fingerprint density at radius 2 is 1.76 bits per heavy atom. The minimum Gasteiger partial charge on any atom is -0.336 e. The molecule has 0 aromatic heterocycles. The largest absolute Gasteiger partial charge is 0.336 e. The molecule has 130 valence electrons. The Morgan fingerprint density at radius 1 is 1.12 bits per heavy atom. The zero-order chi connectivity index (χ0) is 18.0. The van der Waals surface area contributed by atoms with Crippen molar-refractivity contribution in [2.24, 2.45) is 5.92 Å². The number of carbonyl (C=O) groups is 2. The molecule has 2 unspecified atom stereocenters. The Balaban J connectivity index is 1.52. The minimum absolute atomic E-state index is 0.0132. The highest BCUT2D eigenvalue weighted by atomic mass is 19.1. The number of hydrogen-bond acceptors (Lipinski definition) is 2. The van der Waals surface area contributed by atoms with Crippen LogP contribution in [0.1, 0.15) is 23.5 Å². The number of halogens is 1. The van der Waals surface area contributed by atoms with E-state index in [2.05, 4.69) is 5.32 Å². The number of nitrogens with one attached hydrogen (secondary N) is 1. The molecule has 4 nitrogen and oxygen atoms in total. The summed E-state index contributed by atoms with van der Waals surface area (Å²) in [5, 5.41) is 2.79. The van der Waals surface area contributed by atoms with Gasteiger partial charge in [0.1, 0.15) is 5.82 Å². The van der Waals surface area contributed by atoms with Crippen LogP contribution >= 0.6 is 0 Å². The van der Waals surface area contributed by atoms with Crippen molar-refractivity contribution in [3.8, 4) is 0 Å². The zero-order valence-corrected chi connectivity index (χ0v) is 14.3. The maximum atomic E-state index is 13.0. The molecule has 1 aliphatic carbocycles. The van der Waals surface area contributed by atoms with E-state index >= 15 is 0 Å². The van der Waals surface area contributed by atoms with E-state index in [0.29, 0.717) is 5.69 Å². The summed E-state index contributed by atoms with van der Waals surface area (Å²) in [4.78, 5) is 26.0. The average Bonchev–Trinajstić information content (AvgIpc) is 3.37. The highest BCUT2D eigenvalue weighted by molar-refractivity contribution is 5.95. The van der Waals surface area contributed by atoms with Crippen LogP contribution in [0.4, 0.5) is 10.1 Å². The predicted molar refractivity (Wildman–Crippen MR) is 94.7 cm³/mol. The van der Waals surface area contributed by atoms with Crippen molar-refractivity contribution in [2.75, 3.05) is 18.9 Å². The standard InChI is InChI=1S/C20H21FN2O2/c1-13-3-9-16(10-4-13)22-19(24)12-23(2)20(25)18-11-17(18)14-5-7-15(21)8-6-14/h3-10,17-18H,11-12H2,1-2H3,(H,22,24). The number of anilines is 1. The van der Waals surface area contributed by atoms with Gasteiger partial charge in [0.05, 0.1) is 6.54 Å². The van der Waals surface area contributed by atoms with Gasteiger partial charge in [0.2, 0.25) is 11.8 Å². The molecular weight excluding hydrogens is 319 g/mol. The van der Waals surface area contributed by atoms with E-state index in [9.17, 15) is 14.0 Å². The lowest BCUT2D eigenvalue weighted by Crippen LogP contribution is -2.36. The van der Waals surface area contributed by atoms with Gasteiger partial charge in [-0.15, -0.1) is 0 Å². The van der Waals surface area contributed by atoms with Gasteiger partial charge in [-0.25, -0.2) is 4.39 Å². The smallest absolute Gasteiger partial charge is 0.243 e. The van der Waals surface area contributed by atoms with Crippen LogP contribution < -0.4 is 5.32 Å². The number of amides is 2. The molecule has 2 atom stereocenters. The molecular formula is C20H21FN2O2. The SMILES string of the molecule is Cc1ccc(NC(=O)CN(C)C(=O)C2CC2c2ccc(F)cc2)cc1. The molecule has 1 saturated carbocycles. The van der Waals surface area contributed by atoms with Crippen molar-refractivity contribution >= 4 is 17.5 Å². The van der Waals surface area contributed by atoms with Crippen LogP contribution in [0.25, 0.3) is 0 Å². The molecule has 0 saturated heterocycles. The molecule has 5 heteroatoms.